The Morgan fingerprint density at radius 3 is 2.00 bits per heavy atom. The first-order valence-corrected chi connectivity index (χ1v) is 17.2. The summed E-state index contributed by atoms with van der Waals surface area (Å²) in [5.41, 5.74) is 2.20. The van der Waals surface area contributed by atoms with Gasteiger partial charge in [-0.3, -0.25) is 0 Å². The maximum Gasteiger partial charge on any atom is 0.343 e. The second kappa shape index (κ2) is 15.1. The SMILES string of the molecule is C=CCCCCCCCCCOc1ccc(OC(=O)c2ccc3c(c2)P(C)(=O)c2cc(OCCCC)ccc2-3)cc1. The van der Waals surface area contributed by atoms with Gasteiger partial charge in [0.05, 0.1) is 18.8 Å². The number of carbonyl (C=O) groups excluding carboxylic acids is 1. The Morgan fingerprint density at radius 1 is 0.732 bits per heavy atom. The van der Waals surface area contributed by atoms with Crippen LogP contribution in [0.4, 0.5) is 0 Å². The Hall–Kier alpha value is -3.30. The molecule has 0 fully saturated rings. The molecule has 0 saturated heterocycles. The first kappa shape index (κ1) is 30.7. The van der Waals surface area contributed by atoms with Crippen molar-refractivity contribution in [1.29, 1.82) is 0 Å². The highest BCUT2D eigenvalue weighted by Gasteiger charge is 2.35. The lowest BCUT2D eigenvalue weighted by atomic mass is 10.0. The first-order valence-electron chi connectivity index (χ1n) is 15.0. The quantitative estimate of drug-likeness (QED) is 0.0531. The molecule has 5 nitrogen and oxygen atoms in total. The van der Waals surface area contributed by atoms with E-state index in [0.717, 1.165) is 53.6 Å². The van der Waals surface area contributed by atoms with Gasteiger partial charge < -0.3 is 18.8 Å². The predicted molar refractivity (Wildman–Crippen MR) is 169 cm³/mol. The van der Waals surface area contributed by atoms with Crippen molar-refractivity contribution in [2.75, 3.05) is 19.9 Å². The van der Waals surface area contributed by atoms with E-state index in [-0.39, 0.29) is 0 Å². The van der Waals surface area contributed by atoms with Gasteiger partial charge in [0.25, 0.3) is 0 Å². The standard InChI is InChI=1S/C35H43O5P/c1-4-6-8-9-10-11-12-13-14-24-38-28-16-18-29(19-17-28)40-35(36)27-15-21-31-32-22-20-30(39-23-7-5-2)26-34(32)41(3,37)33(31)25-27/h4,15-22,25-26H,1,5-14,23-24H2,2-3H3. The lowest BCUT2D eigenvalue weighted by molar-refractivity contribution is 0.0734. The molecule has 3 aromatic carbocycles. The lowest BCUT2D eigenvalue weighted by Crippen LogP contribution is -2.14. The van der Waals surface area contributed by atoms with Crippen LogP contribution in [0.3, 0.4) is 0 Å². The zero-order chi connectivity index (χ0) is 29.1. The van der Waals surface area contributed by atoms with Crippen molar-refractivity contribution in [3.8, 4) is 28.4 Å². The van der Waals surface area contributed by atoms with Crippen molar-refractivity contribution in [2.45, 2.75) is 71.1 Å². The highest BCUT2D eigenvalue weighted by Crippen LogP contribution is 2.50. The number of carbonyl (C=O) groups is 1. The normalized spacial score (nSPS) is 15.2. The maximum atomic E-state index is 13.9. The van der Waals surface area contributed by atoms with Gasteiger partial charge >= 0.3 is 5.97 Å². The van der Waals surface area contributed by atoms with Crippen LogP contribution >= 0.6 is 7.14 Å². The number of ether oxygens (including phenoxy) is 3. The van der Waals surface area contributed by atoms with Gasteiger partial charge in [-0.15, -0.1) is 6.58 Å². The summed E-state index contributed by atoms with van der Waals surface area (Å²) in [5, 5.41) is 1.46. The van der Waals surface area contributed by atoms with Crippen LogP contribution in [0.2, 0.25) is 0 Å². The van der Waals surface area contributed by atoms with Crippen LogP contribution in [-0.2, 0) is 4.57 Å². The van der Waals surface area contributed by atoms with Gasteiger partial charge in [-0.25, -0.2) is 4.79 Å². The zero-order valence-corrected chi connectivity index (χ0v) is 25.4. The van der Waals surface area contributed by atoms with Crippen molar-refractivity contribution >= 4 is 23.7 Å². The third-order valence-corrected chi connectivity index (χ3v) is 10.1. The molecule has 1 heterocycles. The smallest absolute Gasteiger partial charge is 0.343 e. The minimum Gasteiger partial charge on any atom is -0.494 e. The molecule has 0 amide bonds. The number of rotatable bonds is 17. The molecular weight excluding hydrogens is 531 g/mol. The first-order chi connectivity index (χ1) is 19.9. The topological polar surface area (TPSA) is 61.8 Å². The third-order valence-electron chi connectivity index (χ3n) is 7.53. The molecule has 0 N–H and O–H groups in total. The molecule has 6 heteroatoms. The van der Waals surface area contributed by atoms with E-state index in [4.69, 9.17) is 14.2 Å². The second-order valence-electron chi connectivity index (χ2n) is 10.8. The van der Waals surface area contributed by atoms with Crippen molar-refractivity contribution in [3.05, 3.63) is 78.9 Å². The molecule has 0 aromatic heterocycles. The molecule has 0 bridgehead atoms. The molecule has 1 aliphatic rings. The van der Waals surface area contributed by atoms with Crippen molar-refractivity contribution in [1.82, 2.24) is 0 Å². The van der Waals surface area contributed by atoms with E-state index in [1.54, 1.807) is 30.9 Å². The van der Waals surface area contributed by atoms with Gasteiger partial charge in [0.2, 0.25) is 0 Å². The largest absolute Gasteiger partial charge is 0.494 e. The Balaban J connectivity index is 1.28. The van der Waals surface area contributed by atoms with E-state index in [9.17, 15) is 9.36 Å². The number of esters is 1. The molecule has 41 heavy (non-hydrogen) atoms. The van der Waals surface area contributed by atoms with Gasteiger partial charge in [0.15, 0.2) is 0 Å². The van der Waals surface area contributed by atoms with E-state index in [1.165, 1.54) is 38.5 Å². The summed E-state index contributed by atoms with van der Waals surface area (Å²) >= 11 is 0. The average molecular weight is 575 g/mol. The summed E-state index contributed by atoms with van der Waals surface area (Å²) < 4.78 is 31.2. The van der Waals surface area contributed by atoms with Crippen molar-refractivity contribution in [2.24, 2.45) is 0 Å². The Morgan fingerprint density at radius 2 is 1.29 bits per heavy atom. The lowest BCUT2D eigenvalue weighted by Gasteiger charge is -2.11. The van der Waals surface area contributed by atoms with Gasteiger partial charge in [0.1, 0.15) is 24.4 Å². The highest BCUT2D eigenvalue weighted by molar-refractivity contribution is 7.79. The summed E-state index contributed by atoms with van der Waals surface area (Å²) in [6.07, 6.45) is 13.7. The van der Waals surface area contributed by atoms with Crippen LogP contribution < -0.4 is 24.8 Å². The molecule has 3 aromatic rings. The Labute approximate surface area is 245 Å². The van der Waals surface area contributed by atoms with E-state index in [1.807, 2.05) is 42.5 Å². The minimum atomic E-state index is -2.88. The fraction of sp³-hybridized carbons (Fsp3) is 0.400. The molecule has 1 atom stereocenters. The maximum absolute atomic E-state index is 13.9. The molecule has 218 valence electrons. The van der Waals surface area contributed by atoms with Gasteiger partial charge in [0, 0.05) is 10.6 Å². The van der Waals surface area contributed by atoms with Crippen molar-refractivity contribution < 1.29 is 23.6 Å². The van der Waals surface area contributed by atoms with E-state index >= 15 is 0 Å². The fourth-order valence-electron chi connectivity index (χ4n) is 5.12. The fourth-order valence-corrected chi connectivity index (χ4v) is 7.45. The summed E-state index contributed by atoms with van der Waals surface area (Å²) in [7, 11) is -2.88. The molecule has 1 aliphatic heterocycles. The summed E-state index contributed by atoms with van der Waals surface area (Å²) in [4.78, 5) is 13.0. The number of benzene rings is 3. The van der Waals surface area contributed by atoms with Crippen LogP contribution in [0.25, 0.3) is 11.1 Å². The number of hydrogen-bond donors (Lipinski definition) is 0. The highest BCUT2D eigenvalue weighted by atomic mass is 31.2. The molecule has 0 spiro atoms. The average Bonchev–Trinajstić information content (AvgIpc) is 3.20. The number of hydrogen-bond acceptors (Lipinski definition) is 5. The van der Waals surface area contributed by atoms with Crippen LogP contribution in [0.5, 0.6) is 17.2 Å². The second-order valence-corrected chi connectivity index (χ2v) is 13.6. The van der Waals surface area contributed by atoms with Gasteiger partial charge in [-0.2, -0.15) is 0 Å². The number of allylic oxidation sites excluding steroid dienone is 1. The number of fused-ring (bicyclic) bond motifs is 3. The van der Waals surface area contributed by atoms with E-state index < -0.39 is 13.1 Å². The molecule has 0 saturated carbocycles. The molecular formula is C35H43O5P. The van der Waals surface area contributed by atoms with Crippen LogP contribution in [-0.4, -0.2) is 25.8 Å². The molecule has 1 unspecified atom stereocenters. The summed E-state index contributed by atoms with van der Waals surface area (Å²) in [6, 6.07) is 18.2. The predicted octanol–water partition coefficient (Wildman–Crippen LogP) is 8.69. The Kier molecular flexibility index (Phi) is 11.3. The number of unbranched alkanes of at least 4 members (excludes halogenated alkanes) is 8. The van der Waals surface area contributed by atoms with Crippen molar-refractivity contribution in [3.63, 3.8) is 0 Å². The van der Waals surface area contributed by atoms with Gasteiger partial charge in [-0.1, -0.05) is 57.6 Å². The Bertz CT molecular complexity index is 1360. The molecule has 4 rings (SSSR count). The molecule has 0 aliphatic carbocycles. The van der Waals surface area contributed by atoms with Crippen LogP contribution in [0.1, 0.15) is 81.5 Å². The summed E-state index contributed by atoms with van der Waals surface area (Å²) in [6.45, 7) is 8.95. The van der Waals surface area contributed by atoms with E-state index in [2.05, 4.69) is 13.5 Å². The molecule has 0 radical (unpaired) electrons. The zero-order valence-electron chi connectivity index (χ0n) is 24.5. The minimum absolute atomic E-state index is 0.374. The summed E-state index contributed by atoms with van der Waals surface area (Å²) in [5.74, 6) is 1.45. The monoisotopic (exact) mass is 574 g/mol. The van der Waals surface area contributed by atoms with E-state index in [0.29, 0.717) is 29.8 Å². The van der Waals surface area contributed by atoms with Crippen LogP contribution in [0, 0.1) is 0 Å². The van der Waals surface area contributed by atoms with Crippen LogP contribution in [0.15, 0.2) is 73.3 Å². The third kappa shape index (κ3) is 8.14. The van der Waals surface area contributed by atoms with Gasteiger partial charge in [-0.05, 0) is 98.1 Å².